The van der Waals surface area contributed by atoms with Crippen LogP contribution in [0.5, 0.6) is 5.75 Å². The van der Waals surface area contributed by atoms with Crippen molar-refractivity contribution in [1.29, 1.82) is 0 Å². The van der Waals surface area contributed by atoms with Gasteiger partial charge in [-0.3, -0.25) is 0 Å². The lowest BCUT2D eigenvalue weighted by Gasteiger charge is -2.13. The quantitative estimate of drug-likeness (QED) is 0.894. The summed E-state index contributed by atoms with van der Waals surface area (Å²) in [6.45, 7) is 2.28. The summed E-state index contributed by atoms with van der Waals surface area (Å²) in [5.74, 6) is -0.727. The summed E-state index contributed by atoms with van der Waals surface area (Å²) in [7, 11) is 1.57. The van der Waals surface area contributed by atoms with E-state index < -0.39 is 11.6 Å². The highest BCUT2D eigenvalue weighted by Gasteiger charge is 2.11. The summed E-state index contributed by atoms with van der Waals surface area (Å²) in [4.78, 5) is 0. The van der Waals surface area contributed by atoms with Crippen LogP contribution >= 0.6 is 11.6 Å². The largest absolute Gasteiger partial charge is 0.496 e. The van der Waals surface area contributed by atoms with Gasteiger partial charge in [-0.25, -0.2) is 8.78 Å². The molecule has 0 saturated carbocycles. The second-order valence-corrected chi connectivity index (χ2v) is 4.82. The fourth-order valence-electron chi connectivity index (χ4n) is 1.94. The Labute approximate surface area is 121 Å². The van der Waals surface area contributed by atoms with Gasteiger partial charge >= 0.3 is 0 Å². The molecule has 0 saturated heterocycles. The molecule has 5 heteroatoms. The lowest BCUT2D eigenvalue weighted by atomic mass is 10.1. The Kier molecular flexibility index (Phi) is 4.45. The molecule has 0 aliphatic rings. The Bertz CT molecular complexity index is 608. The normalized spacial score (nSPS) is 10.4. The van der Waals surface area contributed by atoms with Crippen molar-refractivity contribution in [3.63, 3.8) is 0 Å². The molecule has 0 atom stereocenters. The van der Waals surface area contributed by atoms with Gasteiger partial charge in [0.25, 0.3) is 0 Å². The highest BCUT2D eigenvalue weighted by atomic mass is 35.5. The van der Waals surface area contributed by atoms with E-state index in [1.807, 2.05) is 25.1 Å². The van der Waals surface area contributed by atoms with Gasteiger partial charge in [-0.1, -0.05) is 29.3 Å². The molecule has 0 amide bonds. The van der Waals surface area contributed by atoms with E-state index in [-0.39, 0.29) is 10.7 Å². The first kappa shape index (κ1) is 14.6. The van der Waals surface area contributed by atoms with Gasteiger partial charge in [-0.15, -0.1) is 0 Å². The monoisotopic (exact) mass is 297 g/mol. The molecular weight excluding hydrogens is 284 g/mol. The molecule has 1 N–H and O–H groups in total. The van der Waals surface area contributed by atoms with Crippen LogP contribution in [0.3, 0.4) is 0 Å². The van der Waals surface area contributed by atoms with Crippen molar-refractivity contribution in [2.45, 2.75) is 13.5 Å². The fourth-order valence-corrected chi connectivity index (χ4v) is 2.20. The van der Waals surface area contributed by atoms with Gasteiger partial charge in [-0.2, -0.15) is 0 Å². The zero-order valence-electron chi connectivity index (χ0n) is 11.1. The van der Waals surface area contributed by atoms with Gasteiger partial charge in [0.05, 0.1) is 17.8 Å². The SMILES string of the molecule is COc1ccc(C)cc1CNc1c(F)cc(F)cc1Cl. The zero-order chi connectivity index (χ0) is 14.7. The number of halogens is 3. The second kappa shape index (κ2) is 6.09. The number of hydrogen-bond donors (Lipinski definition) is 1. The van der Waals surface area contributed by atoms with Crippen LogP contribution in [0, 0.1) is 18.6 Å². The summed E-state index contributed by atoms with van der Waals surface area (Å²) >= 11 is 5.83. The van der Waals surface area contributed by atoms with Gasteiger partial charge < -0.3 is 10.1 Å². The molecule has 2 nitrogen and oxygen atoms in total. The number of rotatable bonds is 4. The van der Waals surface area contributed by atoms with Crippen LogP contribution in [0.15, 0.2) is 30.3 Å². The van der Waals surface area contributed by atoms with Crippen LogP contribution in [0.25, 0.3) is 0 Å². The van der Waals surface area contributed by atoms with E-state index in [0.29, 0.717) is 12.3 Å². The van der Waals surface area contributed by atoms with Crippen LogP contribution in [0.4, 0.5) is 14.5 Å². The van der Waals surface area contributed by atoms with E-state index in [0.717, 1.165) is 23.3 Å². The van der Waals surface area contributed by atoms with Gasteiger partial charge in [0.15, 0.2) is 5.82 Å². The van der Waals surface area contributed by atoms with Crippen molar-refractivity contribution in [1.82, 2.24) is 0 Å². The average Bonchev–Trinajstić information content (AvgIpc) is 2.37. The van der Waals surface area contributed by atoms with E-state index >= 15 is 0 Å². The minimum atomic E-state index is -0.721. The molecule has 0 heterocycles. The molecule has 0 unspecified atom stereocenters. The lowest BCUT2D eigenvalue weighted by molar-refractivity contribution is 0.410. The van der Waals surface area contributed by atoms with Crippen molar-refractivity contribution < 1.29 is 13.5 Å². The number of methoxy groups -OCH3 is 1. The molecule has 0 radical (unpaired) electrons. The van der Waals surface area contributed by atoms with Crippen molar-refractivity contribution in [3.05, 3.63) is 58.1 Å². The van der Waals surface area contributed by atoms with Crippen molar-refractivity contribution in [3.8, 4) is 5.75 Å². The number of benzene rings is 2. The number of nitrogens with one attached hydrogen (secondary N) is 1. The standard InChI is InChI=1S/C15H14ClF2NO/c1-9-3-4-14(20-2)10(5-9)8-19-15-12(16)6-11(17)7-13(15)18/h3-7,19H,8H2,1-2H3. The number of ether oxygens (including phenoxy) is 1. The Hall–Kier alpha value is -1.81. The Morgan fingerprint density at radius 2 is 1.95 bits per heavy atom. The molecule has 0 fully saturated rings. The van der Waals surface area contributed by atoms with E-state index in [2.05, 4.69) is 5.32 Å². The van der Waals surface area contributed by atoms with Crippen molar-refractivity contribution in [2.24, 2.45) is 0 Å². The maximum atomic E-state index is 13.7. The van der Waals surface area contributed by atoms with Crippen LogP contribution < -0.4 is 10.1 Å². The molecule has 0 bridgehead atoms. The fraction of sp³-hybridized carbons (Fsp3) is 0.200. The maximum Gasteiger partial charge on any atom is 0.150 e. The molecule has 0 aliphatic heterocycles. The van der Waals surface area contributed by atoms with Gasteiger partial charge in [0.1, 0.15) is 11.6 Å². The van der Waals surface area contributed by atoms with E-state index in [1.165, 1.54) is 0 Å². The minimum absolute atomic E-state index is 0.00844. The van der Waals surface area contributed by atoms with E-state index in [1.54, 1.807) is 7.11 Å². The summed E-state index contributed by atoms with van der Waals surface area (Å²) in [6.07, 6.45) is 0. The van der Waals surface area contributed by atoms with Crippen molar-refractivity contribution >= 4 is 17.3 Å². The molecule has 2 aromatic rings. The third-order valence-corrected chi connectivity index (χ3v) is 3.20. The predicted octanol–water partition coefficient (Wildman–Crippen LogP) is 4.55. The van der Waals surface area contributed by atoms with Gasteiger partial charge in [0.2, 0.25) is 0 Å². The zero-order valence-corrected chi connectivity index (χ0v) is 11.9. The Morgan fingerprint density at radius 3 is 2.60 bits per heavy atom. The van der Waals surface area contributed by atoms with Crippen LogP contribution in [0.1, 0.15) is 11.1 Å². The Balaban J connectivity index is 2.23. The van der Waals surface area contributed by atoms with Crippen LogP contribution in [-0.2, 0) is 6.54 Å². The molecular formula is C15H14ClF2NO. The van der Waals surface area contributed by atoms with Gasteiger partial charge in [0, 0.05) is 18.2 Å². The Morgan fingerprint density at radius 1 is 1.20 bits per heavy atom. The smallest absolute Gasteiger partial charge is 0.150 e. The molecule has 2 aromatic carbocycles. The molecule has 0 spiro atoms. The van der Waals surface area contributed by atoms with E-state index in [9.17, 15) is 8.78 Å². The first-order valence-corrected chi connectivity index (χ1v) is 6.41. The summed E-state index contributed by atoms with van der Waals surface area (Å²) in [5, 5.41) is 2.88. The molecule has 0 aliphatic carbocycles. The maximum absolute atomic E-state index is 13.7. The first-order chi connectivity index (χ1) is 9.51. The second-order valence-electron chi connectivity index (χ2n) is 4.41. The summed E-state index contributed by atoms with van der Waals surface area (Å²) < 4.78 is 31.9. The minimum Gasteiger partial charge on any atom is -0.496 e. The number of aryl methyl sites for hydroxylation is 1. The molecule has 2 rings (SSSR count). The van der Waals surface area contributed by atoms with Crippen LogP contribution in [0.2, 0.25) is 5.02 Å². The highest BCUT2D eigenvalue weighted by molar-refractivity contribution is 6.33. The van der Waals surface area contributed by atoms with E-state index in [4.69, 9.17) is 16.3 Å². The third-order valence-electron chi connectivity index (χ3n) is 2.90. The summed E-state index contributed by atoms with van der Waals surface area (Å²) in [5.41, 5.74) is 2.01. The third kappa shape index (κ3) is 3.20. The summed E-state index contributed by atoms with van der Waals surface area (Å²) in [6, 6.07) is 7.56. The van der Waals surface area contributed by atoms with Crippen molar-refractivity contribution in [2.75, 3.05) is 12.4 Å². The lowest BCUT2D eigenvalue weighted by Crippen LogP contribution is -2.04. The van der Waals surface area contributed by atoms with Gasteiger partial charge in [-0.05, 0) is 19.1 Å². The number of anilines is 1. The highest BCUT2D eigenvalue weighted by Crippen LogP contribution is 2.28. The topological polar surface area (TPSA) is 21.3 Å². The molecule has 0 aromatic heterocycles. The van der Waals surface area contributed by atoms with Crippen LogP contribution in [-0.4, -0.2) is 7.11 Å². The predicted molar refractivity (Wildman–Crippen MR) is 76.4 cm³/mol. The number of hydrogen-bond acceptors (Lipinski definition) is 2. The average molecular weight is 298 g/mol. The first-order valence-electron chi connectivity index (χ1n) is 6.03. The molecule has 20 heavy (non-hydrogen) atoms. The molecule has 106 valence electrons.